The highest BCUT2D eigenvalue weighted by Gasteiger charge is 2.31. The molecule has 2 heterocycles. The van der Waals surface area contributed by atoms with Crippen LogP contribution in [-0.2, 0) is 22.6 Å². The molecule has 122 valence electrons. The van der Waals surface area contributed by atoms with Crippen molar-refractivity contribution in [2.75, 3.05) is 16.3 Å². The lowest BCUT2D eigenvalue weighted by Crippen LogP contribution is -2.37. The number of benzene rings is 2. The summed E-state index contributed by atoms with van der Waals surface area (Å²) in [6.07, 6.45) is 2.75. The van der Waals surface area contributed by atoms with Gasteiger partial charge < -0.3 is 9.80 Å². The van der Waals surface area contributed by atoms with Gasteiger partial charge in [-0.2, -0.15) is 0 Å². The smallest absolute Gasteiger partial charge is 0.227 e. The Labute approximate surface area is 141 Å². The van der Waals surface area contributed by atoms with Gasteiger partial charge in [0.05, 0.1) is 17.9 Å². The molecule has 4 rings (SSSR count). The molecule has 0 unspecified atom stereocenters. The van der Waals surface area contributed by atoms with Crippen LogP contribution in [0.25, 0.3) is 0 Å². The van der Waals surface area contributed by atoms with Gasteiger partial charge in [-0.1, -0.05) is 42.5 Å². The largest absolute Gasteiger partial charge is 0.310 e. The summed E-state index contributed by atoms with van der Waals surface area (Å²) in [7, 11) is 0. The van der Waals surface area contributed by atoms with E-state index in [0.29, 0.717) is 19.4 Å². The molecule has 0 aliphatic carbocycles. The van der Waals surface area contributed by atoms with Crippen molar-refractivity contribution in [1.29, 1.82) is 0 Å². The maximum Gasteiger partial charge on any atom is 0.227 e. The van der Waals surface area contributed by atoms with Crippen molar-refractivity contribution in [3.05, 3.63) is 59.7 Å². The van der Waals surface area contributed by atoms with Crippen LogP contribution in [0, 0.1) is 0 Å². The Kier molecular flexibility index (Phi) is 3.81. The number of fused-ring (bicyclic) bond motifs is 1. The van der Waals surface area contributed by atoms with Gasteiger partial charge in [0.25, 0.3) is 0 Å². The first-order valence-corrected chi connectivity index (χ1v) is 8.50. The summed E-state index contributed by atoms with van der Waals surface area (Å²) in [6.45, 7) is 1.29. The lowest BCUT2D eigenvalue weighted by molar-refractivity contribution is -0.119. The highest BCUT2D eigenvalue weighted by atomic mass is 16.2. The van der Waals surface area contributed by atoms with Gasteiger partial charge in [-0.05, 0) is 30.0 Å². The van der Waals surface area contributed by atoms with Crippen molar-refractivity contribution < 1.29 is 9.59 Å². The first kappa shape index (κ1) is 14.9. The van der Waals surface area contributed by atoms with Crippen LogP contribution >= 0.6 is 0 Å². The highest BCUT2D eigenvalue weighted by molar-refractivity contribution is 6.05. The van der Waals surface area contributed by atoms with Gasteiger partial charge in [0.2, 0.25) is 11.8 Å². The monoisotopic (exact) mass is 320 g/mol. The van der Waals surface area contributed by atoms with Crippen molar-refractivity contribution in [3.63, 3.8) is 0 Å². The molecule has 4 heteroatoms. The van der Waals surface area contributed by atoms with Crippen LogP contribution in [0.4, 0.5) is 11.4 Å². The second-order valence-corrected chi connectivity index (χ2v) is 6.40. The number of carbonyl (C=O) groups excluding carboxylic acids is 2. The van der Waals surface area contributed by atoms with Crippen LogP contribution in [0.2, 0.25) is 0 Å². The second-order valence-electron chi connectivity index (χ2n) is 6.40. The average molecular weight is 320 g/mol. The molecule has 4 nitrogen and oxygen atoms in total. The molecule has 2 aromatic rings. The predicted octanol–water partition coefficient (Wildman–Crippen LogP) is 3.29. The fraction of sp³-hybridized carbons (Fsp3) is 0.300. The minimum Gasteiger partial charge on any atom is -0.310 e. The number of amides is 2. The van der Waals surface area contributed by atoms with E-state index in [1.165, 1.54) is 0 Å². The standard InChI is InChI=1S/C20H20N2O2/c23-18-10-5-13-21(18)17-9-4-8-16-11-12-19(24)22(20(16)17)14-15-6-2-1-3-7-15/h1-4,6-9H,5,10-14H2. The molecule has 2 aliphatic rings. The van der Waals surface area contributed by atoms with Crippen LogP contribution in [0.3, 0.4) is 0 Å². The van der Waals surface area contributed by atoms with Crippen molar-refractivity contribution >= 4 is 23.2 Å². The molecule has 0 spiro atoms. The lowest BCUT2D eigenvalue weighted by atomic mass is 9.98. The van der Waals surface area contributed by atoms with E-state index in [9.17, 15) is 9.59 Å². The summed E-state index contributed by atoms with van der Waals surface area (Å²) < 4.78 is 0. The number of hydrogen-bond donors (Lipinski definition) is 0. The molecular weight excluding hydrogens is 300 g/mol. The van der Waals surface area contributed by atoms with Gasteiger partial charge in [-0.25, -0.2) is 0 Å². The van der Waals surface area contributed by atoms with Crippen molar-refractivity contribution in [1.82, 2.24) is 0 Å². The van der Waals surface area contributed by atoms with E-state index in [-0.39, 0.29) is 11.8 Å². The number of hydrogen-bond acceptors (Lipinski definition) is 2. The normalized spacial score (nSPS) is 17.3. The number of anilines is 2. The topological polar surface area (TPSA) is 40.6 Å². The zero-order chi connectivity index (χ0) is 16.5. The van der Waals surface area contributed by atoms with E-state index in [4.69, 9.17) is 0 Å². The molecule has 2 aliphatic heterocycles. The minimum atomic E-state index is 0.130. The maximum absolute atomic E-state index is 12.6. The Morgan fingerprint density at radius 3 is 2.42 bits per heavy atom. The maximum atomic E-state index is 12.6. The predicted molar refractivity (Wildman–Crippen MR) is 94.0 cm³/mol. The summed E-state index contributed by atoms with van der Waals surface area (Å²) in [6, 6.07) is 16.1. The van der Waals surface area contributed by atoms with Crippen molar-refractivity contribution in [2.24, 2.45) is 0 Å². The average Bonchev–Trinajstić information content (AvgIpc) is 3.04. The van der Waals surface area contributed by atoms with Crippen LogP contribution < -0.4 is 9.80 Å². The van der Waals surface area contributed by atoms with E-state index in [2.05, 4.69) is 6.07 Å². The van der Waals surface area contributed by atoms with E-state index >= 15 is 0 Å². The van der Waals surface area contributed by atoms with E-state index < -0.39 is 0 Å². The number of para-hydroxylation sites is 1. The van der Waals surface area contributed by atoms with Crippen LogP contribution in [0.5, 0.6) is 0 Å². The number of aryl methyl sites for hydroxylation is 1. The van der Waals surface area contributed by atoms with Crippen molar-refractivity contribution in [2.45, 2.75) is 32.2 Å². The molecular formula is C20H20N2O2. The molecule has 0 saturated carbocycles. The van der Waals surface area contributed by atoms with Crippen LogP contribution in [-0.4, -0.2) is 18.4 Å². The minimum absolute atomic E-state index is 0.130. The number of nitrogens with zero attached hydrogens (tertiary/aromatic N) is 2. The SMILES string of the molecule is O=C1CCCN1c1cccc2c1N(Cc1ccccc1)C(=O)CC2. The Balaban J connectivity index is 1.77. The number of rotatable bonds is 3. The van der Waals surface area contributed by atoms with Crippen LogP contribution in [0.15, 0.2) is 48.5 Å². The summed E-state index contributed by atoms with van der Waals surface area (Å²) in [5.41, 5.74) is 4.07. The molecule has 1 saturated heterocycles. The molecule has 0 radical (unpaired) electrons. The summed E-state index contributed by atoms with van der Waals surface area (Å²) >= 11 is 0. The van der Waals surface area contributed by atoms with E-state index in [1.54, 1.807) is 0 Å². The zero-order valence-corrected chi connectivity index (χ0v) is 13.6. The number of carbonyl (C=O) groups is 2. The van der Waals surface area contributed by atoms with E-state index in [0.717, 1.165) is 41.9 Å². The molecule has 2 amide bonds. The fourth-order valence-electron chi connectivity index (χ4n) is 3.65. The quantitative estimate of drug-likeness (QED) is 0.870. The van der Waals surface area contributed by atoms with Gasteiger partial charge in [0.15, 0.2) is 0 Å². The van der Waals surface area contributed by atoms with Crippen LogP contribution in [0.1, 0.15) is 30.4 Å². The molecule has 24 heavy (non-hydrogen) atoms. The van der Waals surface area contributed by atoms with Gasteiger partial charge in [-0.15, -0.1) is 0 Å². The summed E-state index contributed by atoms with van der Waals surface area (Å²) in [5, 5.41) is 0. The lowest BCUT2D eigenvalue weighted by Gasteiger charge is -2.33. The van der Waals surface area contributed by atoms with Gasteiger partial charge in [0, 0.05) is 19.4 Å². The fourth-order valence-corrected chi connectivity index (χ4v) is 3.65. The van der Waals surface area contributed by atoms with Crippen molar-refractivity contribution in [3.8, 4) is 0 Å². The van der Waals surface area contributed by atoms with Gasteiger partial charge in [0.1, 0.15) is 0 Å². The first-order chi connectivity index (χ1) is 11.7. The third kappa shape index (κ3) is 2.58. The molecule has 0 N–H and O–H groups in total. The van der Waals surface area contributed by atoms with Gasteiger partial charge in [-0.3, -0.25) is 9.59 Å². The Morgan fingerprint density at radius 2 is 1.67 bits per heavy atom. The molecule has 0 aromatic heterocycles. The van der Waals surface area contributed by atoms with Gasteiger partial charge >= 0.3 is 0 Å². The zero-order valence-electron chi connectivity index (χ0n) is 13.6. The molecule has 0 bridgehead atoms. The first-order valence-electron chi connectivity index (χ1n) is 8.50. The van der Waals surface area contributed by atoms with E-state index in [1.807, 2.05) is 52.3 Å². The Morgan fingerprint density at radius 1 is 0.833 bits per heavy atom. The third-order valence-electron chi connectivity index (χ3n) is 4.83. The molecule has 0 atom stereocenters. The Hall–Kier alpha value is -2.62. The summed E-state index contributed by atoms with van der Waals surface area (Å²) in [5.74, 6) is 0.284. The highest BCUT2D eigenvalue weighted by Crippen LogP contribution is 2.39. The molecule has 1 fully saturated rings. The summed E-state index contributed by atoms with van der Waals surface area (Å²) in [4.78, 5) is 28.6. The third-order valence-corrected chi connectivity index (χ3v) is 4.83. The Bertz CT molecular complexity index is 785. The second kappa shape index (κ2) is 6.11. The molecule has 2 aromatic carbocycles.